The number of alkyl halides is 2. The summed E-state index contributed by atoms with van der Waals surface area (Å²) < 4.78 is 61.0. The highest BCUT2D eigenvalue weighted by Gasteiger charge is 2.42. The van der Waals surface area contributed by atoms with E-state index in [-0.39, 0.29) is 29.0 Å². The molecular formula is C27H42F2N2O4S2. The summed E-state index contributed by atoms with van der Waals surface area (Å²) in [5.41, 5.74) is 0.279. The second-order valence-electron chi connectivity index (χ2n) is 11.4. The number of hydrogen-bond donors (Lipinski definition) is 1. The molecule has 3 rings (SSSR count). The Hall–Kier alpha value is -1.23. The molecule has 1 aliphatic heterocycles. The number of carbonyl (C=O) groups excluding carboxylic acids is 1. The van der Waals surface area contributed by atoms with Gasteiger partial charge in [-0.25, -0.2) is 17.2 Å². The Morgan fingerprint density at radius 3 is 2.57 bits per heavy atom. The summed E-state index contributed by atoms with van der Waals surface area (Å²) in [5, 5.41) is 3.56. The second-order valence-corrected chi connectivity index (χ2v) is 14.8. The summed E-state index contributed by atoms with van der Waals surface area (Å²) in [7, 11) is -3.89. The fourth-order valence-corrected chi connectivity index (χ4v) is 8.21. The first kappa shape index (κ1) is 30.3. The predicted octanol–water partition coefficient (Wildman–Crippen LogP) is 5.92. The highest BCUT2D eigenvalue weighted by molar-refractivity contribution is 8.00. The van der Waals surface area contributed by atoms with Crippen molar-refractivity contribution >= 4 is 27.8 Å². The molecule has 0 spiro atoms. The Morgan fingerprint density at radius 2 is 1.92 bits per heavy atom. The quantitative estimate of drug-likeness (QED) is 0.218. The molecule has 1 aromatic carbocycles. The third-order valence-corrected chi connectivity index (χ3v) is 10.2. The van der Waals surface area contributed by atoms with Crippen molar-refractivity contribution in [3.63, 3.8) is 0 Å². The fourth-order valence-electron chi connectivity index (χ4n) is 4.90. The Labute approximate surface area is 225 Å². The summed E-state index contributed by atoms with van der Waals surface area (Å²) in [6.07, 6.45) is 3.70. The van der Waals surface area contributed by atoms with Crippen LogP contribution in [0.3, 0.4) is 0 Å². The van der Waals surface area contributed by atoms with E-state index in [1.165, 1.54) is 16.1 Å². The van der Waals surface area contributed by atoms with Gasteiger partial charge in [-0.1, -0.05) is 13.0 Å². The maximum atomic E-state index is 13.8. The van der Waals surface area contributed by atoms with Gasteiger partial charge in [-0.3, -0.25) is 4.79 Å². The normalized spacial score (nSPS) is 22.2. The Bertz CT molecular complexity index is 1030. The van der Waals surface area contributed by atoms with Crippen LogP contribution in [0.5, 0.6) is 0 Å². The second kappa shape index (κ2) is 12.3. The largest absolute Gasteiger partial charge is 0.459 e. The standard InChI is InChI=1S/C27H42F2N2O4S2/c1-19-10-11-24(37(33,34)31-17-7-9-22(31)25(32)35-26(3,4)5)23(18-19)36-20(2)8-6-16-30-21-12-14-27(28,29)15-13-21/h10-11,18,20-22,30H,6-9,12-17H2,1-5H3/t20?,22-/m0/s1. The molecule has 0 aromatic heterocycles. The molecule has 37 heavy (non-hydrogen) atoms. The molecule has 1 heterocycles. The van der Waals surface area contributed by atoms with Gasteiger partial charge in [0.2, 0.25) is 15.9 Å². The molecule has 0 amide bonds. The summed E-state index contributed by atoms with van der Waals surface area (Å²) in [5.74, 6) is -3.02. The summed E-state index contributed by atoms with van der Waals surface area (Å²) in [6, 6.07) is 4.66. The van der Waals surface area contributed by atoms with E-state index in [0.717, 1.165) is 24.9 Å². The SMILES string of the molecule is Cc1ccc(S(=O)(=O)N2CCC[C@H]2C(=O)OC(C)(C)C)c(SC(C)CCCNC2CCC(F)(F)CC2)c1. The Kier molecular flexibility index (Phi) is 10.1. The van der Waals surface area contributed by atoms with Crippen molar-refractivity contribution in [2.24, 2.45) is 0 Å². The van der Waals surface area contributed by atoms with Crippen molar-refractivity contribution in [1.29, 1.82) is 0 Å². The number of esters is 1. The van der Waals surface area contributed by atoms with Crippen LogP contribution in [0, 0.1) is 6.92 Å². The van der Waals surface area contributed by atoms with E-state index >= 15 is 0 Å². The highest BCUT2D eigenvalue weighted by Crippen LogP contribution is 2.37. The molecule has 1 saturated carbocycles. The number of sulfonamides is 1. The smallest absolute Gasteiger partial charge is 0.324 e. The van der Waals surface area contributed by atoms with Gasteiger partial charge < -0.3 is 10.1 Å². The van der Waals surface area contributed by atoms with Crippen LogP contribution in [-0.2, 0) is 19.6 Å². The minimum Gasteiger partial charge on any atom is -0.459 e. The van der Waals surface area contributed by atoms with Crippen molar-refractivity contribution in [1.82, 2.24) is 9.62 Å². The molecule has 2 fully saturated rings. The maximum Gasteiger partial charge on any atom is 0.324 e. The first-order valence-electron chi connectivity index (χ1n) is 13.3. The molecule has 210 valence electrons. The lowest BCUT2D eigenvalue weighted by molar-refractivity contribution is -0.158. The van der Waals surface area contributed by atoms with Crippen molar-refractivity contribution < 1.29 is 26.7 Å². The zero-order chi connectivity index (χ0) is 27.4. The minimum absolute atomic E-state index is 0.0483. The van der Waals surface area contributed by atoms with Gasteiger partial charge in [0.25, 0.3) is 0 Å². The topological polar surface area (TPSA) is 75.7 Å². The van der Waals surface area contributed by atoms with Crippen LogP contribution in [0.1, 0.15) is 84.6 Å². The zero-order valence-corrected chi connectivity index (χ0v) is 24.3. The molecule has 1 N–H and O–H groups in total. The number of benzene rings is 1. The first-order valence-corrected chi connectivity index (χ1v) is 15.6. The van der Waals surface area contributed by atoms with Gasteiger partial charge >= 0.3 is 5.97 Å². The molecule has 10 heteroatoms. The molecular weight excluding hydrogens is 518 g/mol. The van der Waals surface area contributed by atoms with E-state index in [4.69, 9.17) is 4.74 Å². The van der Waals surface area contributed by atoms with Crippen LogP contribution in [-0.4, -0.2) is 60.6 Å². The Balaban J connectivity index is 1.62. The third-order valence-electron chi connectivity index (χ3n) is 6.83. The van der Waals surface area contributed by atoms with E-state index in [1.807, 2.05) is 13.0 Å². The number of ether oxygens (including phenoxy) is 1. The number of rotatable bonds is 10. The summed E-state index contributed by atoms with van der Waals surface area (Å²) in [6.45, 7) is 10.4. The molecule has 2 aliphatic rings. The number of carbonyl (C=O) groups is 1. The average Bonchev–Trinajstić information content (AvgIpc) is 3.28. The molecule has 2 atom stereocenters. The van der Waals surface area contributed by atoms with Crippen molar-refractivity contribution in [3.05, 3.63) is 23.8 Å². The fraction of sp³-hybridized carbons (Fsp3) is 0.741. The van der Waals surface area contributed by atoms with Crippen LogP contribution < -0.4 is 5.32 Å². The first-order chi connectivity index (χ1) is 17.2. The van der Waals surface area contributed by atoms with Crippen LogP contribution >= 0.6 is 11.8 Å². The van der Waals surface area contributed by atoms with E-state index in [9.17, 15) is 22.0 Å². The average molecular weight is 561 g/mol. The number of aryl methyl sites for hydroxylation is 1. The van der Waals surface area contributed by atoms with Gasteiger partial charge in [-0.05, 0) is 90.5 Å². The molecule has 1 saturated heterocycles. The van der Waals surface area contributed by atoms with Gasteiger partial charge in [-0.2, -0.15) is 4.31 Å². The molecule has 0 radical (unpaired) electrons. The molecule has 1 unspecified atom stereocenters. The van der Waals surface area contributed by atoms with E-state index in [2.05, 4.69) is 12.2 Å². The zero-order valence-electron chi connectivity index (χ0n) is 22.7. The number of hydrogen-bond acceptors (Lipinski definition) is 6. The van der Waals surface area contributed by atoms with Crippen LogP contribution in [0.2, 0.25) is 0 Å². The predicted molar refractivity (Wildman–Crippen MR) is 144 cm³/mol. The third kappa shape index (κ3) is 8.63. The lowest BCUT2D eigenvalue weighted by atomic mass is 9.92. The van der Waals surface area contributed by atoms with Gasteiger partial charge in [0.15, 0.2) is 0 Å². The van der Waals surface area contributed by atoms with Gasteiger partial charge in [0.05, 0.1) is 4.90 Å². The number of thioether (sulfide) groups is 1. The molecule has 1 aliphatic carbocycles. The van der Waals surface area contributed by atoms with Gasteiger partial charge in [0.1, 0.15) is 11.6 Å². The molecule has 6 nitrogen and oxygen atoms in total. The van der Waals surface area contributed by atoms with Gasteiger partial charge in [0, 0.05) is 35.6 Å². The van der Waals surface area contributed by atoms with Crippen molar-refractivity contribution in [3.8, 4) is 0 Å². The van der Waals surface area contributed by atoms with Crippen LogP contribution in [0.4, 0.5) is 8.78 Å². The number of nitrogens with zero attached hydrogens (tertiary/aromatic N) is 1. The lowest BCUT2D eigenvalue weighted by Crippen LogP contribution is -2.43. The number of halogens is 2. The van der Waals surface area contributed by atoms with Crippen molar-refractivity contribution in [2.75, 3.05) is 13.1 Å². The van der Waals surface area contributed by atoms with Gasteiger partial charge in [-0.15, -0.1) is 11.8 Å². The lowest BCUT2D eigenvalue weighted by Gasteiger charge is -2.29. The summed E-state index contributed by atoms with van der Waals surface area (Å²) in [4.78, 5) is 13.7. The monoisotopic (exact) mass is 560 g/mol. The Morgan fingerprint density at radius 1 is 1.24 bits per heavy atom. The van der Waals surface area contributed by atoms with E-state index < -0.39 is 33.6 Å². The maximum absolute atomic E-state index is 13.8. The molecule has 0 bridgehead atoms. The molecule has 1 aromatic rings. The van der Waals surface area contributed by atoms with Crippen LogP contribution in [0.15, 0.2) is 28.0 Å². The van der Waals surface area contributed by atoms with E-state index in [0.29, 0.717) is 37.1 Å². The minimum atomic E-state index is -3.89. The number of nitrogens with one attached hydrogen (secondary N) is 1. The van der Waals surface area contributed by atoms with Crippen molar-refractivity contribution in [2.45, 2.75) is 125 Å². The van der Waals surface area contributed by atoms with E-state index in [1.54, 1.807) is 32.9 Å². The van der Waals surface area contributed by atoms with Crippen LogP contribution in [0.25, 0.3) is 0 Å². The summed E-state index contributed by atoms with van der Waals surface area (Å²) >= 11 is 1.53. The highest BCUT2D eigenvalue weighted by atomic mass is 32.2.